The van der Waals surface area contributed by atoms with Crippen LogP contribution in [0.3, 0.4) is 0 Å². The molecule has 0 aromatic heterocycles. The van der Waals surface area contributed by atoms with Crippen molar-refractivity contribution >= 4 is 31.8 Å². The average molecular weight is 320 g/mol. The fourth-order valence-corrected chi connectivity index (χ4v) is 3.38. The highest BCUT2D eigenvalue weighted by Crippen LogP contribution is 2.43. The monoisotopic (exact) mass is 319 g/mol. The number of benzene rings is 2. The van der Waals surface area contributed by atoms with Crippen LogP contribution in [0.4, 0.5) is 5.69 Å². The maximum absolute atomic E-state index is 6.39. The third-order valence-corrected chi connectivity index (χ3v) is 5.13. The molecule has 0 bridgehead atoms. The van der Waals surface area contributed by atoms with E-state index in [1.54, 1.807) is 0 Å². The van der Waals surface area contributed by atoms with Crippen LogP contribution in [0.25, 0.3) is 0 Å². The Balaban J connectivity index is 1.95. The molecule has 2 aromatic carbocycles. The lowest BCUT2D eigenvalue weighted by Crippen LogP contribution is -2.30. The van der Waals surface area contributed by atoms with Crippen molar-refractivity contribution < 1.29 is 4.74 Å². The number of rotatable bonds is 3. The molecule has 1 aliphatic rings. The maximum Gasteiger partial charge on any atom is 0.134 e. The third-order valence-electron chi connectivity index (χ3n) is 4.13. The van der Waals surface area contributed by atoms with Crippen LogP contribution in [-0.2, 0) is 5.60 Å². The van der Waals surface area contributed by atoms with Crippen molar-refractivity contribution in [1.82, 2.24) is 0 Å². The summed E-state index contributed by atoms with van der Waals surface area (Å²) >= 11 is 6.13. The summed E-state index contributed by atoms with van der Waals surface area (Å²) in [7, 11) is 2.69. The summed E-state index contributed by atoms with van der Waals surface area (Å²) in [5.41, 5.74) is 7.45. The third kappa shape index (κ3) is 3.02. The van der Waals surface area contributed by atoms with Gasteiger partial charge in [-0.25, -0.2) is 0 Å². The molecule has 1 saturated carbocycles. The summed E-state index contributed by atoms with van der Waals surface area (Å²) in [5, 5.41) is 1.78. The predicted octanol–water partition coefficient (Wildman–Crippen LogP) is 4.27. The molecule has 3 rings (SSSR count). The lowest BCUT2D eigenvalue weighted by molar-refractivity contribution is 0.0741. The fraction of sp³-hybridized carbons (Fsp3) is 0.294. The molecule has 0 spiro atoms. The minimum absolute atomic E-state index is 0.244. The van der Waals surface area contributed by atoms with Gasteiger partial charge < -0.3 is 10.5 Å². The summed E-state index contributed by atoms with van der Waals surface area (Å²) in [6, 6.07) is 13.8. The van der Waals surface area contributed by atoms with E-state index in [0.717, 1.165) is 34.6 Å². The molecule has 110 valence electrons. The van der Waals surface area contributed by atoms with E-state index in [-0.39, 0.29) is 5.60 Å². The second-order valence-electron chi connectivity index (χ2n) is 5.61. The molecule has 0 saturated heterocycles. The number of halogens is 1. The number of ether oxygens (including phenoxy) is 1. The van der Waals surface area contributed by atoms with Crippen molar-refractivity contribution in [2.75, 3.05) is 5.73 Å². The molecule has 1 aliphatic carbocycles. The van der Waals surface area contributed by atoms with Gasteiger partial charge >= 0.3 is 0 Å². The Labute approximate surface area is 132 Å². The summed E-state index contributed by atoms with van der Waals surface area (Å²) in [6.07, 6.45) is 4.43. The van der Waals surface area contributed by atoms with Gasteiger partial charge in [-0.1, -0.05) is 17.7 Å². The fourth-order valence-electron chi connectivity index (χ4n) is 2.98. The summed E-state index contributed by atoms with van der Waals surface area (Å²) in [5.74, 6) is 0.867. The van der Waals surface area contributed by atoms with Crippen LogP contribution in [-0.4, -0.2) is 0 Å². The predicted molar refractivity (Wildman–Crippen MR) is 92.4 cm³/mol. The molecular weight excluding hydrogens is 301 g/mol. The van der Waals surface area contributed by atoms with Gasteiger partial charge in [0.25, 0.3) is 0 Å². The van der Waals surface area contributed by atoms with Crippen molar-refractivity contribution in [3.63, 3.8) is 0 Å². The zero-order valence-corrected chi connectivity index (χ0v) is 13.7. The van der Waals surface area contributed by atoms with Gasteiger partial charge in [-0.15, -0.1) is 9.24 Å². The number of hydrogen-bond donors (Lipinski definition) is 1. The van der Waals surface area contributed by atoms with Crippen molar-refractivity contribution in [3.05, 3.63) is 53.1 Å². The molecule has 0 heterocycles. The SMILES string of the molecule is Nc1ccc(OC2(c3ccc(Cl)c(P)c3)CCCC2)cc1. The molecular formula is C17H19ClNOP. The van der Waals surface area contributed by atoms with Crippen LogP contribution < -0.4 is 15.8 Å². The topological polar surface area (TPSA) is 35.2 Å². The number of nitrogens with two attached hydrogens (primary N) is 1. The molecule has 1 fully saturated rings. The first kappa shape index (κ1) is 14.7. The van der Waals surface area contributed by atoms with E-state index in [0.29, 0.717) is 0 Å². The van der Waals surface area contributed by atoms with Gasteiger partial charge in [0.15, 0.2) is 0 Å². The van der Waals surface area contributed by atoms with E-state index in [2.05, 4.69) is 21.4 Å². The highest BCUT2D eigenvalue weighted by Gasteiger charge is 2.38. The average Bonchev–Trinajstić information content (AvgIpc) is 2.94. The molecule has 1 atom stereocenters. The van der Waals surface area contributed by atoms with Gasteiger partial charge in [0.1, 0.15) is 11.4 Å². The minimum atomic E-state index is -0.244. The molecule has 0 radical (unpaired) electrons. The van der Waals surface area contributed by atoms with Gasteiger partial charge in [-0.05, 0) is 72.9 Å². The van der Waals surface area contributed by atoms with Gasteiger partial charge in [0.2, 0.25) is 0 Å². The Morgan fingerprint density at radius 1 is 1.05 bits per heavy atom. The van der Waals surface area contributed by atoms with Crippen molar-refractivity contribution in [3.8, 4) is 5.75 Å². The first-order valence-corrected chi connectivity index (χ1v) is 8.15. The largest absolute Gasteiger partial charge is 0.483 e. The van der Waals surface area contributed by atoms with Crippen molar-refractivity contribution in [2.24, 2.45) is 0 Å². The standard InChI is InChI=1S/C17H19ClNOP/c18-15-8-3-12(11-16(15)21)17(9-1-2-10-17)20-14-6-4-13(19)5-7-14/h3-8,11H,1-2,9-10,19,21H2. The van der Waals surface area contributed by atoms with E-state index in [9.17, 15) is 0 Å². The van der Waals surface area contributed by atoms with Crippen LogP contribution >= 0.6 is 20.8 Å². The smallest absolute Gasteiger partial charge is 0.134 e. The molecule has 0 amide bonds. The number of anilines is 1. The van der Waals surface area contributed by atoms with E-state index in [1.807, 2.05) is 30.3 Å². The number of hydrogen-bond acceptors (Lipinski definition) is 2. The second kappa shape index (κ2) is 5.87. The molecule has 0 aliphatic heterocycles. The lowest BCUT2D eigenvalue weighted by atomic mass is 9.91. The van der Waals surface area contributed by atoms with E-state index < -0.39 is 0 Å². The Kier molecular flexibility index (Phi) is 4.10. The molecule has 2 aromatic rings. The molecule has 21 heavy (non-hydrogen) atoms. The quantitative estimate of drug-likeness (QED) is 0.677. The maximum atomic E-state index is 6.39. The molecule has 2 nitrogen and oxygen atoms in total. The van der Waals surface area contributed by atoms with Crippen molar-refractivity contribution in [2.45, 2.75) is 31.3 Å². The van der Waals surface area contributed by atoms with Crippen LogP contribution in [0, 0.1) is 0 Å². The Bertz CT molecular complexity index is 636. The zero-order chi connectivity index (χ0) is 14.9. The molecule has 1 unspecified atom stereocenters. The van der Waals surface area contributed by atoms with E-state index >= 15 is 0 Å². The Morgan fingerprint density at radius 3 is 2.33 bits per heavy atom. The summed E-state index contributed by atoms with van der Waals surface area (Å²) in [4.78, 5) is 0. The lowest BCUT2D eigenvalue weighted by Gasteiger charge is -2.31. The second-order valence-corrected chi connectivity index (χ2v) is 6.64. The first-order chi connectivity index (χ1) is 10.1. The number of nitrogen functional groups attached to an aromatic ring is 1. The molecule has 2 N–H and O–H groups in total. The van der Waals surface area contributed by atoms with Crippen LogP contribution in [0.5, 0.6) is 5.75 Å². The minimum Gasteiger partial charge on any atom is -0.483 e. The van der Waals surface area contributed by atoms with Crippen molar-refractivity contribution in [1.29, 1.82) is 0 Å². The Morgan fingerprint density at radius 2 is 1.71 bits per heavy atom. The summed E-state index contributed by atoms with van der Waals surface area (Å²) in [6.45, 7) is 0. The first-order valence-electron chi connectivity index (χ1n) is 7.19. The highest BCUT2D eigenvalue weighted by molar-refractivity contribution is 7.28. The van der Waals surface area contributed by atoms with E-state index in [4.69, 9.17) is 22.1 Å². The van der Waals surface area contributed by atoms with E-state index in [1.165, 1.54) is 18.4 Å². The van der Waals surface area contributed by atoms with Gasteiger partial charge in [-0.2, -0.15) is 0 Å². The van der Waals surface area contributed by atoms with Crippen LogP contribution in [0.15, 0.2) is 42.5 Å². The zero-order valence-electron chi connectivity index (χ0n) is 11.8. The van der Waals surface area contributed by atoms with Gasteiger partial charge in [-0.3, -0.25) is 0 Å². The van der Waals surface area contributed by atoms with Gasteiger partial charge in [0.05, 0.1) is 0 Å². The van der Waals surface area contributed by atoms with Crippen LogP contribution in [0.2, 0.25) is 5.02 Å². The molecule has 4 heteroatoms. The van der Waals surface area contributed by atoms with Crippen LogP contribution in [0.1, 0.15) is 31.2 Å². The summed E-state index contributed by atoms with van der Waals surface area (Å²) < 4.78 is 6.39. The highest BCUT2D eigenvalue weighted by atomic mass is 35.5. The Hall–Kier alpha value is -1.24. The normalized spacial score (nSPS) is 16.9. The van der Waals surface area contributed by atoms with Gasteiger partial charge in [0, 0.05) is 10.7 Å².